The van der Waals surface area contributed by atoms with Crippen molar-refractivity contribution < 1.29 is 22.8 Å². The van der Waals surface area contributed by atoms with Crippen molar-refractivity contribution in [3.8, 4) is 0 Å². The summed E-state index contributed by atoms with van der Waals surface area (Å²) < 4.78 is 23.2. The predicted octanol–water partition coefficient (Wildman–Crippen LogP) is 1.72. The van der Waals surface area contributed by atoms with Crippen LogP contribution in [0.3, 0.4) is 0 Å². The lowest BCUT2D eigenvalue weighted by Crippen LogP contribution is -2.48. The molecule has 0 aromatic heterocycles. The number of para-hydroxylation sites is 1. The van der Waals surface area contributed by atoms with Crippen LogP contribution in [0.1, 0.15) is 27.1 Å². The first-order valence-corrected chi connectivity index (χ1v) is 10.3. The SMILES string of the molecule is CS(=O)(=O)CC[C@H](C(=O)Nc1ccccc1)N1C(=O)c2ccccc2C1=O. The molecule has 0 saturated carbocycles. The fourth-order valence-corrected chi connectivity index (χ4v) is 3.59. The molecule has 0 saturated heterocycles. The Balaban J connectivity index is 1.91. The molecule has 1 N–H and O–H groups in total. The molecule has 7 nitrogen and oxygen atoms in total. The molecule has 3 amide bonds. The molecule has 8 heteroatoms. The quantitative estimate of drug-likeness (QED) is 0.762. The summed E-state index contributed by atoms with van der Waals surface area (Å²) >= 11 is 0. The van der Waals surface area contributed by atoms with Gasteiger partial charge in [-0.25, -0.2) is 8.42 Å². The zero-order valence-electron chi connectivity index (χ0n) is 14.6. The number of sulfone groups is 1. The summed E-state index contributed by atoms with van der Waals surface area (Å²) in [5.41, 5.74) is 0.905. The second-order valence-electron chi connectivity index (χ2n) is 6.32. The van der Waals surface area contributed by atoms with Gasteiger partial charge in [0.2, 0.25) is 5.91 Å². The third kappa shape index (κ3) is 4.06. The number of carbonyl (C=O) groups excluding carboxylic acids is 3. The fraction of sp³-hybridized carbons (Fsp3) is 0.211. The Labute approximate surface area is 156 Å². The lowest BCUT2D eigenvalue weighted by Gasteiger charge is -2.25. The Hall–Kier alpha value is -3.00. The molecule has 0 bridgehead atoms. The van der Waals surface area contributed by atoms with Gasteiger partial charge in [0.1, 0.15) is 15.9 Å². The van der Waals surface area contributed by atoms with E-state index in [9.17, 15) is 22.8 Å². The molecule has 0 fully saturated rings. The van der Waals surface area contributed by atoms with E-state index in [4.69, 9.17) is 0 Å². The minimum atomic E-state index is -3.39. The largest absolute Gasteiger partial charge is 0.324 e. The molecule has 1 atom stereocenters. The number of nitrogens with one attached hydrogen (secondary N) is 1. The van der Waals surface area contributed by atoms with Crippen molar-refractivity contribution in [1.29, 1.82) is 0 Å². The molecule has 2 aromatic rings. The summed E-state index contributed by atoms with van der Waals surface area (Å²) in [6, 6.07) is 13.6. The van der Waals surface area contributed by atoms with Gasteiger partial charge in [-0.3, -0.25) is 19.3 Å². The van der Waals surface area contributed by atoms with Gasteiger partial charge in [-0.1, -0.05) is 30.3 Å². The third-order valence-corrected chi connectivity index (χ3v) is 5.22. The minimum Gasteiger partial charge on any atom is -0.324 e. The molecule has 0 aliphatic carbocycles. The first kappa shape index (κ1) is 18.8. The van der Waals surface area contributed by atoms with Gasteiger partial charge in [0.15, 0.2) is 0 Å². The van der Waals surface area contributed by atoms with E-state index in [0.29, 0.717) is 5.69 Å². The van der Waals surface area contributed by atoms with Gasteiger partial charge >= 0.3 is 0 Å². The highest BCUT2D eigenvalue weighted by Gasteiger charge is 2.42. The number of anilines is 1. The Morgan fingerprint density at radius 1 is 0.963 bits per heavy atom. The van der Waals surface area contributed by atoms with Crippen molar-refractivity contribution in [3.05, 3.63) is 65.7 Å². The summed E-state index contributed by atoms with van der Waals surface area (Å²) in [5.74, 6) is -2.14. The van der Waals surface area contributed by atoms with Crippen LogP contribution in [0.5, 0.6) is 0 Å². The maximum atomic E-state index is 12.8. The van der Waals surface area contributed by atoms with Crippen molar-refractivity contribution in [2.24, 2.45) is 0 Å². The van der Waals surface area contributed by atoms with Gasteiger partial charge in [-0.2, -0.15) is 0 Å². The first-order chi connectivity index (χ1) is 12.8. The normalized spacial score (nSPS) is 14.8. The molecule has 1 aliphatic heterocycles. The lowest BCUT2D eigenvalue weighted by atomic mass is 10.1. The zero-order valence-corrected chi connectivity index (χ0v) is 15.4. The van der Waals surface area contributed by atoms with Crippen molar-refractivity contribution in [1.82, 2.24) is 4.90 Å². The van der Waals surface area contributed by atoms with E-state index < -0.39 is 33.6 Å². The van der Waals surface area contributed by atoms with E-state index in [1.54, 1.807) is 42.5 Å². The van der Waals surface area contributed by atoms with E-state index in [1.165, 1.54) is 12.1 Å². The molecule has 0 radical (unpaired) electrons. The van der Waals surface area contributed by atoms with Crippen LogP contribution in [0.15, 0.2) is 54.6 Å². The Morgan fingerprint density at radius 3 is 2.00 bits per heavy atom. The summed E-state index contributed by atoms with van der Waals surface area (Å²) in [6.45, 7) is 0. The van der Waals surface area contributed by atoms with Crippen molar-refractivity contribution in [3.63, 3.8) is 0 Å². The standard InChI is InChI=1S/C19H18N2O5S/c1-27(25,26)12-11-16(17(22)20-13-7-3-2-4-8-13)21-18(23)14-9-5-6-10-15(14)19(21)24/h2-10,16H,11-12H2,1H3,(H,20,22)/t16-/m1/s1. The van der Waals surface area contributed by atoms with Gasteiger partial charge < -0.3 is 5.32 Å². The maximum absolute atomic E-state index is 12.8. The van der Waals surface area contributed by atoms with Crippen LogP contribution in [0.4, 0.5) is 5.69 Å². The number of amides is 3. The third-order valence-electron chi connectivity index (χ3n) is 4.24. The van der Waals surface area contributed by atoms with Gasteiger partial charge in [0, 0.05) is 11.9 Å². The number of benzene rings is 2. The monoisotopic (exact) mass is 386 g/mol. The van der Waals surface area contributed by atoms with Gasteiger partial charge in [-0.05, 0) is 30.7 Å². The molecule has 0 unspecified atom stereocenters. The number of nitrogens with zero attached hydrogens (tertiary/aromatic N) is 1. The topological polar surface area (TPSA) is 101 Å². The molecular formula is C19H18N2O5S. The molecular weight excluding hydrogens is 368 g/mol. The molecule has 27 heavy (non-hydrogen) atoms. The van der Waals surface area contributed by atoms with E-state index >= 15 is 0 Å². The predicted molar refractivity (Wildman–Crippen MR) is 100 cm³/mol. The van der Waals surface area contributed by atoms with Crippen molar-refractivity contribution in [2.75, 3.05) is 17.3 Å². The fourth-order valence-electron chi connectivity index (χ4n) is 2.94. The Kier molecular flexibility index (Phi) is 5.09. The van der Waals surface area contributed by atoms with Gasteiger partial charge in [0.05, 0.1) is 16.9 Å². The molecule has 140 valence electrons. The average molecular weight is 386 g/mol. The van der Waals surface area contributed by atoms with E-state index in [0.717, 1.165) is 11.2 Å². The molecule has 1 heterocycles. The minimum absolute atomic E-state index is 0.178. The van der Waals surface area contributed by atoms with Crippen LogP contribution in [0, 0.1) is 0 Å². The van der Waals surface area contributed by atoms with E-state index in [2.05, 4.69) is 5.32 Å². The van der Waals surface area contributed by atoms with Crippen LogP contribution in [0.2, 0.25) is 0 Å². The highest BCUT2D eigenvalue weighted by molar-refractivity contribution is 7.90. The van der Waals surface area contributed by atoms with Crippen molar-refractivity contribution in [2.45, 2.75) is 12.5 Å². The molecule has 3 rings (SSSR count). The van der Waals surface area contributed by atoms with Crippen molar-refractivity contribution >= 4 is 33.2 Å². The lowest BCUT2D eigenvalue weighted by molar-refractivity contribution is -0.120. The Morgan fingerprint density at radius 2 is 1.48 bits per heavy atom. The average Bonchev–Trinajstić information content (AvgIpc) is 2.87. The van der Waals surface area contributed by atoms with Gasteiger partial charge in [0.25, 0.3) is 11.8 Å². The number of imide groups is 1. The van der Waals surface area contributed by atoms with Crippen LogP contribution in [-0.2, 0) is 14.6 Å². The number of rotatable bonds is 6. The maximum Gasteiger partial charge on any atom is 0.262 e. The summed E-state index contributed by atoms with van der Waals surface area (Å²) in [4.78, 5) is 39.1. The Bertz CT molecular complexity index is 967. The summed E-state index contributed by atoms with van der Waals surface area (Å²) in [5, 5.41) is 2.64. The van der Waals surface area contributed by atoms with E-state index in [-0.39, 0.29) is 23.3 Å². The highest BCUT2D eigenvalue weighted by Crippen LogP contribution is 2.26. The number of hydrogen-bond donors (Lipinski definition) is 1. The number of hydrogen-bond acceptors (Lipinski definition) is 5. The number of fused-ring (bicyclic) bond motifs is 1. The molecule has 2 aromatic carbocycles. The second-order valence-corrected chi connectivity index (χ2v) is 8.58. The van der Waals surface area contributed by atoms with E-state index in [1.807, 2.05) is 0 Å². The van der Waals surface area contributed by atoms with Crippen LogP contribution in [0.25, 0.3) is 0 Å². The summed E-state index contributed by atoms with van der Waals surface area (Å²) in [6.07, 6.45) is 0.866. The zero-order chi connectivity index (χ0) is 19.6. The van der Waals surface area contributed by atoms with Gasteiger partial charge in [-0.15, -0.1) is 0 Å². The van der Waals surface area contributed by atoms with Crippen LogP contribution in [-0.4, -0.2) is 49.1 Å². The highest BCUT2D eigenvalue weighted by atomic mass is 32.2. The van der Waals surface area contributed by atoms with Crippen LogP contribution < -0.4 is 5.32 Å². The summed E-state index contributed by atoms with van der Waals surface area (Å²) in [7, 11) is -3.39. The first-order valence-electron chi connectivity index (χ1n) is 8.28. The smallest absolute Gasteiger partial charge is 0.262 e. The molecule has 1 aliphatic rings. The van der Waals surface area contributed by atoms with Crippen LogP contribution >= 0.6 is 0 Å². The number of carbonyl (C=O) groups is 3. The molecule has 0 spiro atoms. The second kappa shape index (κ2) is 7.32.